The van der Waals surface area contributed by atoms with E-state index in [-0.39, 0.29) is 6.42 Å². The number of nitrogens with zero attached hydrogens (tertiary/aromatic N) is 1. The van der Waals surface area contributed by atoms with Crippen LogP contribution in [0.2, 0.25) is 0 Å². The molecule has 0 aliphatic carbocycles. The molecular formula is C9H15NO4. The van der Waals surface area contributed by atoms with E-state index in [0.29, 0.717) is 6.61 Å². The molecule has 0 bridgehead atoms. The molecule has 0 saturated carbocycles. The molecule has 0 aliphatic heterocycles. The Kier molecular flexibility index (Phi) is 7.40. The quantitative estimate of drug-likeness (QED) is 0.273. The number of unbranched alkanes of at least 4 members (excludes halogenated alkanes) is 2. The molecule has 14 heavy (non-hydrogen) atoms. The summed E-state index contributed by atoms with van der Waals surface area (Å²) in [5.74, 6) is -0.417. The van der Waals surface area contributed by atoms with Crippen LogP contribution in [0.4, 0.5) is 0 Å². The standard InChI is InChI=1S/C9H15NO4/c1-2-3-4-8-14-9(11)6-5-7-10(12)13/h5,7H,2-4,6,8H2,1H3. The van der Waals surface area contributed by atoms with Gasteiger partial charge in [0.05, 0.1) is 18.0 Å². The van der Waals surface area contributed by atoms with E-state index >= 15 is 0 Å². The maximum atomic E-state index is 10.9. The fourth-order valence-corrected chi connectivity index (χ4v) is 0.832. The van der Waals surface area contributed by atoms with Gasteiger partial charge in [0.1, 0.15) is 0 Å². The van der Waals surface area contributed by atoms with Crippen LogP contribution in [0, 0.1) is 10.1 Å². The molecule has 5 heteroatoms. The summed E-state index contributed by atoms with van der Waals surface area (Å²) in [6.45, 7) is 2.46. The second-order valence-corrected chi connectivity index (χ2v) is 2.80. The average Bonchev–Trinajstić information content (AvgIpc) is 2.12. The maximum Gasteiger partial charge on any atom is 0.309 e. The zero-order valence-corrected chi connectivity index (χ0v) is 8.27. The largest absolute Gasteiger partial charge is 0.465 e. The highest BCUT2D eigenvalue weighted by Gasteiger charge is 1.99. The van der Waals surface area contributed by atoms with Gasteiger partial charge in [-0.3, -0.25) is 14.9 Å². The van der Waals surface area contributed by atoms with E-state index in [9.17, 15) is 14.9 Å². The molecule has 0 saturated heterocycles. The monoisotopic (exact) mass is 201 g/mol. The summed E-state index contributed by atoms with van der Waals surface area (Å²) < 4.78 is 4.81. The third-order valence-corrected chi connectivity index (χ3v) is 1.52. The Labute approximate surface area is 82.9 Å². The number of hydrogen-bond donors (Lipinski definition) is 0. The lowest BCUT2D eigenvalue weighted by Crippen LogP contribution is -2.04. The smallest absolute Gasteiger partial charge is 0.309 e. The van der Waals surface area contributed by atoms with Crippen molar-refractivity contribution in [1.82, 2.24) is 0 Å². The van der Waals surface area contributed by atoms with Gasteiger partial charge in [-0.15, -0.1) is 0 Å². The number of hydrogen-bond acceptors (Lipinski definition) is 4. The van der Waals surface area contributed by atoms with E-state index < -0.39 is 10.9 Å². The van der Waals surface area contributed by atoms with Gasteiger partial charge < -0.3 is 4.74 Å². The molecule has 0 aromatic rings. The Bertz CT molecular complexity index is 213. The molecule has 0 aromatic carbocycles. The van der Waals surface area contributed by atoms with Gasteiger partial charge in [-0.1, -0.05) is 19.8 Å². The van der Waals surface area contributed by atoms with Crippen LogP contribution in [0.5, 0.6) is 0 Å². The SMILES string of the molecule is CCCCCOC(=O)CC=C[N+](=O)[O-]. The van der Waals surface area contributed by atoms with Crippen molar-refractivity contribution in [2.45, 2.75) is 32.6 Å². The van der Waals surface area contributed by atoms with Crippen molar-refractivity contribution in [3.63, 3.8) is 0 Å². The summed E-state index contributed by atoms with van der Waals surface area (Å²) in [4.78, 5) is 20.1. The molecule has 80 valence electrons. The Morgan fingerprint density at radius 3 is 2.79 bits per heavy atom. The molecular weight excluding hydrogens is 186 g/mol. The van der Waals surface area contributed by atoms with Gasteiger partial charge in [-0.05, 0) is 12.5 Å². The van der Waals surface area contributed by atoms with Crippen molar-refractivity contribution < 1.29 is 14.5 Å². The molecule has 0 heterocycles. The zero-order valence-electron chi connectivity index (χ0n) is 8.27. The van der Waals surface area contributed by atoms with E-state index in [1.54, 1.807) is 0 Å². The summed E-state index contributed by atoms with van der Waals surface area (Å²) in [5.41, 5.74) is 0. The average molecular weight is 201 g/mol. The van der Waals surface area contributed by atoms with Gasteiger partial charge in [-0.2, -0.15) is 0 Å². The topological polar surface area (TPSA) is 69.4 Å². The number of carbonyl (C=O) groups is 1. The van der Waals surface area contributed by atoms with Crippen LogP contribution in [0.1, 0.15) is 32.6 Å². The van der Waals surface area contributed by atoms with Gasteiger partial charge in [0.2, 0.25) is 6.20 Å². The summed E-state index contributed by atoms with van der Waals surface area (Å²) in [6.07, 6.45) is 4.83. The second-order valence-electron chi connectivity index (χ2n) is 2.80. The van der Waals surface area contributed by atoms with Crippen molar-refractivity contribution in [1.29, 1.82) is 0 Å². The number of rotatable bonds is 7. The predicted molar refractivity (Wildman–Crippen MR) is 51.2 cm³/mol. The molecule has 0 fully saturated rings. The lowest BCUT2D eigenvalue weighted by atomic mass is 10.3. The van der Waals surface area contributed by atoms with E-state index in [1.807, 2.05) is 0 Å². The molecule has 0 aliphatic rings. The minimum absolute atomic E-state index is 0.0346. The van der Waals surface area contributed by atoms with Crippen molar-refractivity contribution in [3.05, 3.63) is 22.4 Å². The molecule has 0 spiro atoms. The van der Waals surface area contributed by atoms with Crippen LogP contribution < -0.4 is 0 Å². The zero-order chi connectivity index (χ0) is 10.8. The van der Waals surface area contributed by atoms with Gasteiger partial charge in [0.15, 0.2) is 0 Å². The molecule has 0 N–H and O–H groups in total. The Morgan fingerprint density at radius 1 is 1.50 bits per heavy atom. The number of carbonyl (C=O) groups excluding carboxylic acids is 1. The van der Waals surface area contributed by atoms with Gasteiger partial charge >= 0.3 is 5.97 Å². The van der Waals surface area contributed by atoms with E-state index in [0.717, 1.165) is 25.5 Å². The van der Waals surface area contributed by atoms with Crippen LogP contribution in [0.3, 0.4) is 0 Å². The van der Waals surface area contributed by atoms with E-state index in [2.05, 4.69) is 6.92 Å². The third kappa shape index (κ3) is 8.70. The summed E-state index contributed by atoms with van der Waals surface area (Å²) in [5, 5.41) is 9.85. The first-order valence-corrected chi connectivity index (χ1v) is 4.62. The van der Waals surface area contributed by atoms with Crippen LogP contribution in [-0.2, 0) is 9.53 Å². The fourth-order valence-electron chi connectivity index (χ4n) is 0.832. The van der Waals surface area contributed by atoms with Crippen LogP contribution >= 0.6 is 0 Å². The third-order valence-electron chi connectivity index (χ3n) is 1.52. The van der Waals surface area contributed by atoms with Crippen LogP contribution in [-0.4, -0.2) is 17.5 Å². The maximum absolute atomic E-state index is 10.9. The highest BCUT2D eigenvalue weighted by Crippen LogP contribution is 1.96. The predicted octanol–water partition coefficient (Wildman–Crippen LogP) is 1.90. The van der Waals surface area contributed by atoms with E-state index in [4.69, 9.17) is 4.74 Å². The van der Waals surface area contributed by atoms with Gasteiger partial charge in [0, 0.05) is 0 Å². The Morgan fingerprint density at radius 2 is 2.21 bits per heavy atom. The van der Waals surface area contributed by atoms with Crippen molar-refractivity contribution >= 4 is 5.97 Å². The van der Waals surface area contributed by atoms with Crippen LogP contribution in [0.25, 0.3) is 0 Å². The number of nitro groups is 1. The molecule has 0 aromatic heterocycles. The minimum atomic E-state index is -0.607. The molecule has 0 radical (unpaired) electrons. The lowest BCUT2D eigenvalue weighted by Gasteiger charge is -2.00. The Balaban J connectivity index is 3.41. The van der Waals surface area contributed by atoms with Gasteiger partial charge in [0.25, 0.3) is 0 Å². The second kappa shape index (κ2) is 8.22. The van der Waals surface area contributed by atoms with E-state index in [1.165, 1.54) is 6.08 Å². The van der Waals surface area contributed by atoms with Crippen molar-refractivity contribution in [2.24, 2.45) is 0 Å². The van der Waals surface area contributed by atoms with Crippen molar-refractivity contribution in [2.75, 3.05) is 6.61 Å². The number of ether oxygens (including phenoxy) is 1. The highest BCUT2D eigenvalue weighted by molar-refractivity contribution is 5.70. The van der Waals surface area contributed by atoms with Crippen LogP contribution in [0.15, 0.2) is 12.3 Å². The molecule has 0 rings (SSSR count). The fraction of sp³-hybridized carbons (Fsp3) is 0.667. The summed E-state index contributed by atoms with van der Waals surface area (Å²) in [7, 11) is 0. The molecule has 0 unspecified atom stereocenters. The molecule has 5 nitrogen and oxygen atoms in total. The first kappa shape index (κ1) is 12.6. The van der Waals surface area contributed by atoms with Gasteiger partial charge in [-0.25, -0.2) is 0 Å². The number of esters is 1. The lowest BCUT2D eigenvalue weighted by molar-refractivity contribution is -0.402. The first-order valence-electron chi connectivity index (χ1n) is 4.62. The summed E-state index contributed by atoms with van der Waals surface area (Å²) in [6, 6.07) is 0. The molecule has 0 atom stereocenters. The normalized spacial score (nSPS) is 10.4. The highest BCUT2D eigenvalue weighted by atomic mass is 16.6. The summed E-state index contributed by atoms with van der Waals surface area (Å²) >= 11 is 0. The molecule has 0 amide bonds. The van der Waals surface area contributed by atoms with Crippen molar-refractivity contribution in [3.8, 4) is 0 Å². The minimum Gasteiger partial charge on any atom is -0.465 e. The Hall–Kier alpha value is -1.39. The first-order chi connectivity index (χ1) is 6.66.